The van der Waals surface area contributed by atoms with Crippen molar-refractivity contribution in [2.75, 3.05) is 18.5 Å². The minimum Gasteiger partial charge on any atom is -0.396 e. The Labute approximate surface area is 113 Å². The Kier molecular flexibility index (Phi) is 4.47. The summed E-state index contributed by atoms with van der Waals surface area (Å²) < 4.78 is 0. The predicted octanol–water partition coefficient (Wildman–Crippen LogP) is 2.28. The Morgan fingerprint density at radius 2 is 1.95 bits per heavy atom. The highest BCUT2D eigenvalue weighted by molar-refractivity contribution is 5.40. The number of hydrogen-bond acceptors (Lipinski definition) is 4. The van der Waals surface area contributed by atoms with Gasteiger partial charge in [0.15, 0.2) is 0 Å². The van der Waals surface area contributed by atoms with E-state index in [4.69, 9.17) is 0 Å². The van der Waals surface area contributed by atoms with Gasteiger partial charge >= 0.3 is 0 Å². The molecule has 19 heavy (non-hydrogen) atoms. The number of nitrogens with zero attached hydrogens (tertiary/aromatic N) is 2. The van der Waals surface area contributed by atoms with Crippen LogP contribution in [0.3, 0.4) is 0 Å². The Morgan fingerprint density at radius 3 is 2.63 bits per heavy atom. The van der Waals surface area contributed by atoms with E-state index in [2.05, 4.69) is 15.3 Å². The van der Waals surface area contributed by atoms with E-state index in [0.29, 0.717) is 6.54 Å². The first-order chi connectivity index (χ1) is 9.20. The Balaban J connectivity index is 2.06. The molecule has 0 aliphatic rings. The molecule has 0 aliphatic heterocycles. The maximum atomic E-state index is 9.51. The zero-order valence-electron chi connectivity index (χ0n) is 11.3. The fourth-order valence-corrected chi connectivity index (χ4v) is 1.94. The third-order valence-electron chi connectivity index (χ3n) is 3.08. The van der Waals surface area contributed by atoms with E-state index in [1.165, 1.54) is 0 Å². The van der Waals surface area contributed by atoms with Gasteiger partial charge in [-0.05, 0) is 19.4 Å². The molecule has 1 atom stereocenters. The van der Waals surface area contributed by atoms with Gasteiger partial charge in [0.25, 0.3) is 0 Å². The second-order valence-electron chi connectivity index (χ2n) is 4.62. The molecule has 0 radical (unpaired) electrons. The molecule has 1 aromatic carbocycles. The van der Waals surface area contributed by atoms with Gasteiger partial charge in [0, 0.05) is 18.7 Å². The Morgan fingerprint density at radius 1 is 1.21 bits per heavy atom. The average Bonchev–Trinajstić information content (AvgIpc) is 2.44. The number of rotatable bonds is 5. The second-order valence-corrected chi connectivity index (χ2v) is 4.62. The lowest BCUT2D eigenvalue weighted by atomic mass is 10.0. The van der Waals surface area contributed by atoms with Crippen LogP contribution < -0.4 is 5.32 Å². The second kappa shape index (κ2) is 6.29. The van der Waals surface area contributed by atoms with Crippen molar-refractivity contribution in [3.8, 4) is 0 Å². The van der Waals surface area contributed by atoms with Crippen LogP contribution in [0.1, 0.15) is 22.9 Å². The minimum absolute atomic E-state index is 0.0583. The minimum atomic E-state index is 0.0583. The molecule has 2 N–H and O–H groups in total. The maximum Gasteiger partial charge on any atom is 0.147 e. The maximum absolute atomic E-state index is 9.51. The van der Waals surface area contributed by atoms with Crippen LogP contribution in [0.4, 0.5) is 5.82 Å². The molecule has 0 bridgehead atoms. The summed E-state index contributed by atoms with van der Waals surface area (Å²) in [6, 6.07) is 9.99. The smallest absolute Gasteiger partial charge is 0.147 e. The number of nitrogens with one attached hydrogen (secondary N) is 1. The molecular formula is C15H19N3O. The first-order valence-electron chi connectivity index (χ1n) is 6.40. The summed E-state index contributed by atoms with van der Waals surface area (Å²) in [5, 5.41) is 12.8. The molecule has 1 heterocycles. The topological polar surface area (TPSA) is 58.0 Å². The highest BCUT2D eigenvalue weighted by Crippen LogP contribution is 2.16. The lowest BCUT2D eigenvalue weighted by Gasteiger charge is -2.16. The molecule has 0 spiro atoms. The Hall–Kier alpha value is -1.94. The zero-order chi connectivity index (χ0) is 13.7. The van der Waals surface area contributed by atoms with Gasteiger partial charge < -0.3 is 10.4 Å². The van der Waals surface area contributed by atoms with Crippen molar-refractivity contribution in [1.29, 1.82) is 0 Å². The normalized spacial score (nSPS) is 12.2. The Bertz CT molecular complexity index is 528. The van der Waals surface area contributed by atoms with E-state index in [0.717, 1.165) is 22.8 Å². The van der Waals surface area contributed by atoms with Gasteiger partial charge in [-0.2, -0.15) is 0 Å². The molecule has 2 rings (SSSR count). The summed E-state index contributed by atoms with van der Waals surface area (Å²) in [5.41, 5.74) is 2.87. The number of benzene rings is 1. The van der Waals surface area contributed by atoms with E-state index in [1.54, 1.807) is 6.20 Å². The van der Waals surface area contributed by atoms with Gasteiger partial charge in [0.2, 0.25) is 0 Å². The van der Waals surface area contributed by atoms with Crippen LogP contribution in [0, 0.1) is 13.8 Å². The molecule has 4 heteroatoms. The standard InChI is InChI=1S/C15H19N3O/c1-11-8-16-12(2)15(18-11)17-9-14(10-19)13-6-4-3-5-7-13/h3-8,14,19H,9-10H2,1-2H3,(H,17,18)/t14-/m0/s1. The number of anilines is 1. The van der Waals surface area contributed by atoms with Crippen LogP contribution in [-0.4, -0.2) is 28.2 Å². The van der Waals surface area contributed by atoms with Crippen molar-refractivity contribution in [3.63, 3.8) is 0 Å². The highest BCUT2D eigenvalue weighted by Gasteiger charge is 2.11. The van der Waals surface area contributed by atoms with E-state index in [-0.39, 0.29) is 12.5 Å². The molecule has 0 fully saturated rings. The molecule has 0 saturated carbocycles. The number of aliphatic hydroxyl groups excluding tert-OH is 1. The quantitative estimate of drug-likeness (QED) is 0.862. The van der Waals surface area contributed by atoms with Crippen LogP contribution in [-0.2, 0) is 0 Å². The third-order valence-corrected chi connectivity index (χ3v) is 3.08. The molecule has 1 aromatic heterocycles. The van der Waals surface area contributed by atoms with E-state index >= 15 is 0 Å². The average molecular weight is 257 g/mol. The summed E-state index contributed by atoms with van der Waals surface area (Å²) in [6.45, 7) is 4.58. The lowest BCUT2D eigenvalue weighted by molar-refractivity contribution is 0.270. The van der Waals surface area contributed by atoms with Gasteiger partial charge in [-0.3, -0.25) is 4.98 Å². The molecule has 0 aliphatic carbocycles. The summed E-state index contributed by atoms with van der Waals surface area (Å²) in [4.78, 5) is 8.69. The van der Waals surface area contributed by atoms with Crippen LogP contribution in [0.25, 0.3) is 0 Å². The fourth-order valence-electron chi connectivity index (χ4n) is 1.94. The van der Waals surface area contributed by atoms with Crippen molar-refractivity contribution >= 4 is 5.82 Å². The van der Waals surface area contributed by atoms with Crippen LogP contribution in [0.5, 0.6) is 0 Å². The van der Waals surface area contributed by atoms with Gasteiger partial charge in [-0.1, -0.05) is 30.3 Å². The summed E-state index contributed by atoms with van der Waals surface area (Å²) in [5.74, 6) is 0.845. The third kappa shape index (κ3) is 3.51. The number of aryl methyl sites for hydroxylation is 2. The number of aliphatic hydroxyl groups is 1. The van der Waals surface area contributed by atoms with Crippen molar-refractivity contribution < 1.29 is 5.11 Å². The van der Waals surface area contributed by atoms with Crippen molar-refractivity contribution in [3.05, 3.63) is 53.5 Å². The van der Waals surface area contributed by atoms with Gasteiger partial charge in [0.05, 0.1) is 18.0 Å². The van der Waals surface area contributed by atoms with Gasteiger partial charge in [0.1, 0.15) is 5.82 Å². The van der Waals surface area contributed by atoms with Crippen LogP contribution in [0.15, 0.2) is 36.5 Å². The first kappa shape index (κ1) is 13.5. The predicted molar refractivity (Wildman–Crippen MR) is 76.3 cm³/mol. The van der Waals surface area contributed by atoms with Crippen LogP contribution in [0.2, 0.25) is 0 Å². The molecule has 2 aromatic rings. The monoisotopic (exact) mass is 257 g/mol. The van der Waals surface area contributed by atoms with E-state index in [1.807, 2.05) is 44.2 Å². The molecule has 4 nitrogen and oxygen atoms in total. The number of hydrogen-bond donors (Lipinski definition) is 2. The highest BCUT2D eigenvalue weighted by atomic mass is 16.3. The number of aromatic nitrogens is 2. The SMILES string of the molecule is Cc1cnc(C)c(NC[C@@H](CO)c2ccccc2)n1. The molecule has 100 valence electrons. The largest absolute Gasteiger partial charge is 0.396 e. The summed E-state index contributed by atoms with van der Waals surface area (Å²) in [7, 11) is 0. The summed E-state index contributed by atoms with van der Waals surface area (Å²) in [6.07, 6.45) is 1.75. The molecule has 0 saturated heterocycles. The van der Waals surface area contributed by atoms with Crippen molar-refractivity contribution in [2.45, 2.75) is 19.8 Å². The molecular weight excluding hydrogens is 238 g/mol. The van der Waals surface area contributed by atoms with E-state index in [9.17, 15) is 5.11 Å². The zero-order valence-corrected chi connectivity index (χ0v) is 11.3. The summed E-state index contributed by atoms with van der Waals surface area (Å²) >= 11 is 0. The van der Waals surface area contributed by atoms with Gasteiger partial charge in [-0.25, -0.2) is 4.98 Å². The van der Waals surface area contributed by atoms with E-state index < -0.39 is 0 Å². The first-order valence-corrected chi connectivity index (χ1v) is 6.40. The van der Waals surface area contributed by atoms with Crippen molar-refractivity contribution in [2.24, 2.45) is 0 Å². The van der Waals surface area contributed by atoms with Gasteiger partial charge in [-0.15, -0.1) is 0 Å². The fraction of sp³-hybridized carbons (Fsp3) is 0.333. The molecule has 0 amide bonds. The van der Waals surface area contributed by atoms with Crippen LogP contribution >= 0.6 is 0 Å². The molecule has 0 unspecified atom stereocenters. The van der Waals surface area contributed by atoms with Crippen molar-refractivity contribution in [1.82, 2.24) is 9.97 Å². The lowest BCUT2D eigenvalue weighted by Crippen LogP contribution is -2.17.